The average Bonchev–Trinajstić information content (AvgIpc) is 3.45. The fraction of sp³-hybridized carbons (Fsp3) is 0.350. The van der Waals surface area contributed by atoms with E-state index in [1.165, 1.54) is 12.8 Å². The van der Waals surface area contributed by atoms with Gasteiger partial charge in [0.1, 0.15) is 11.5 Å². The number of hydrogen-bond acceptors (Lipinski definition) is 3. The van der Waals surface area contributed by atoms with E-state index in [9.17, 15) is 4.79 Å². The lowest BCUT2D eigenvalue weighted by atomic mass is 10.1. The minimum absolute atomic E-state index is 0.0995. The predicted molar refractivity (Wildman–Crippen MR) is 95.5 cm³/mol. The highest BCUT2D eigenvalue weighted by Gasteiger charge is 2.29. The van der Waals surface area contributed by atoms with Crippen molar-refractivity contribution in [3.63, 3.8) is 0 Å². The van der Waals surface area contributed by atoms with Crippen LogP contribution in [0.25, 0.3) is 0 Å². The van der Waals surface area contributed by atoms with Crippen molar-refractivity contribution in [1.29, 1.82) is 0 Å². The molecule has 1 N–H and O–H groups in total. The summed E-state index contributed by atoms with van der Waals surface area (Å²) in [5, 5.41) is 3.03. The SMILES string of the molecule is CC(CNC(=O)c1ccccc1Oc1ccccc1)N(C)C1CC1. The van der Waals surface area contributed by atoms with E-state index in [-0.39, 0.29) is 5.91 Å². The summed E-state index contributed by atoms with van der Waals surface area (Å²) in [7, 11) is 2.13. The van der Waals surface area contributed by atoms with Crippen LogP contribution in [-0.4, -0.2) is 36.5 Å². The molecule has 0 saturated heterocycles. The molecule has 1 unspecified atom stereocenters. The molecule has 0 radical (unpaired) electrons. The number of para-hydroxylation sites is 2. The van der Waals surface area contributed by atoms with Gasteiger partial charge in [0.25, 0.3) is 5.91 Å². The van der Waals surface area contributed by atoms with Crippen molar-refractivity contribution < 1.29 is 9.53 Å². The Labute approximate surface area is 143 Å². The first kappa shape index (κ1) is 16.5. The van der Waals surface area contributed by atoms with Crippen LogP contribution >= 0.6 is 0 Å². The molecule has 126 valence electrons. The summed E-state index contributed by atoms with van der Waals surface area (Å²) in [4.78, 5) is 14.9. The van der Waals surface area contributed by atoms with Crippen molar-refractivity contribution in [2.75, 3.05) is 13.6 Å². The highest BCUT2D eigenvalue weighted by atomic mass is 16.5. The molecule has 3 rings (SSSR count). The van der Waals surface area contributed by atoms with Gasteiger partial charge in [-0.2, -0.15) is 0 Å². The summed E-state index contributed by atoms with van der Waals surface area (Å²) in [6, 6.07) is 17.9. The molecule has 24 heavy (non-hydrogen) atoms. The molecule has 1 fully saturated rings. The average molecular weight is 324 g/mol. The number of carbonyl (C=O) groups is 1. The first-order valence-electron chi connectivity index (χ1n) is 8.47. The van der Waals surface area contributed by atoms with E-state index in [0.29, 0.717) is 29.9 Å². The summed E-state index contributed by atoms with van der Waals surface area (Å²) in [6.07, 6.45) is 2.53. The Morgan fingerprint density at radius 3 is 2.54 bits per heavy atom. The summed E-state index contributed by atoms with van der Waals surface area (Å²) < 4.78 is 5.86. The molecule has 1 atom stereocenters. The van der Waals surface area contributed by atoms with E-state index in [4.69, 9.17) is 4.74 Å². The van der Waals surface area contributed by atoms with Crippen LogP contribution in [0, 0.1) is 0 Å². The number of benzene rings is 2. The van der Waals surface area contributed by atoms with Crippen LogP contribution in [0.2, 0.25) is 0 Å². The van der Waals surface area contributed by atoms with E-state index < -0.39 is 0 Å². The minimum atomic E-state index is -0.0995. The van der Waals surface area contributed by atoms with Crippen LogP contribution in [0.5, 0.6) is 11.5 Å². The Morgan fingerprint density at radius 1 is 1.17 bits per heavy atom. The third-order valence-corrected chi connectivity index (χ3v) is 4.48. The fourth-order valence-corrected chi connectivity index (χ4v) is 2.68. The molecule has 0 bridgehead atoms. The highest BCUT2D eigenvalue weighted by Crippen LogP contribution is 2.27. The van der Waals surface area contributed by atoms with Crippen LogP contribution in [0.3, 0.4) is 0 Å². The van der Waals surface area contributed by atoms with E-state index >= 15 is 0 Å². The van der Waals surface area contributed by atoms with Crippen LogP contribution in [-0.2, 0) is 0 Å². The van der Waals surface area contributed by atoms with Crippen LogP contribution < -0.4 is 10.1 Å². The lowest BCUT2D eigenvalue weighted by molar-refractivity contribution is 0.0937. The van der Waals surface area contributed by atoms with Crippen molar-refractivity contribution in [2.24, 2.45) is 0 Å². The second-order valence-electron chi connectivity index (χ2n) is 6.37. The van der Waals surface area contributed by atoms with Gasteiger partial charge < -0.3 is 10.1 Å². The molecule has 2 aromatic carbocycles. The predicted octanol–water partition coefficient (Wildman–Crippen LogP) is 3.69. The topological polar surface area (TPSA) is 41.6 Å². The fourth-order valence-electron chi connectivity index (χ4n) is 2.68. The van der Waals surface area contributed by atoms with Crippen LogP contribution in [0.4, 0.5) is 0 Å². The standard InChI is InChI=1S/C20H24N2O2/c1-15(22(2)16-12-13-16)14-21-20(23)18-10-6-7-11-19(18)24-17-8-4-3-5-9-17/h3-11,15-16H,12-14H2,1-2H3,(H,21,23). The number of nitrogens with one attached hydrogen (secondary N) is 1. The monoisotopic (exact) mass is 324 g/mol. The van der Waals surface area contributed by atoms with Crippen molar-refractivity contribution in [3.8, 4) is 11.5 Å². The van der Waals surface area contributed by atoms with Crippen molar-refractivity contribution in [3.05, 3.63) is 60.2 Å². The van der Waals surface area contributed by atoms with Gasteiger partial charge in [-0.25, -0.2) is 0 Å². The van der Waals surface area contributed by atoms with Gasteiger partial charge in [-0.15, -0.1) is 0 Å². The number of nitrogens with zero attached hydrogens (tertiary/aromatic N) is 1. The number of ether oxygens (including phenoxy) is 1. The van der Waals surface area contributed by atoms with Gasteiger partial charge in [0.05, 0.1) is 5.56 Å². The molecule has 0 heterocycles. The number of amides is 1. The second kappa shape index (κ2) is 7.49. The molecule has 0 aromatic heterocycles. The zero-order chi connectivity index (χ0) is 16.9. The Morgan fingerprint density at radius 2 is 1.83 bits per heavy atom. The zero-order valence-electron chi connectivity index (χ0n) is 14.2. The molecule has 1 amide bonds. The Bertz CT molecular complexity index is 683. The molecule has 0 aliphatic heterocycles. The summed E-state index contributed by atoms with van der Waals surface area (Å²) >= 11 is 0. The van der Waals surface area contributed by atoms with Crippen molar-refractivity contribution >= 4 is 5.91 Å². The number of hydrogen-bond donors (Lipinski definition) is 1. The summed E-state index contributed by atoms with van der Waals surface area (Å²) in [5.41, 5.74) is 0.558. The summed E-state index contributed by atoms with van der Waals surface area (Å²) in [6.45, 7) is 2.77. The molecule has 0 spiro atoms. The molecular weight excluding hydrogens is 300 g/mol. The van der Waals surface area contributed by atoms with E-state index in [2.05, 4.69) is 24.2 Å². The van der Waals surface area contributed by atoms with Gasteiger partial charge in [-0.05, 0) is 51.1 Å². The van der Waals surface area contributed by atoms with E-state index in [1.54, 1.807) is 6.07 Å². The molecular formula is C20H24N2O2. The zero-order valence-corrected chi connectivity index (χ0v) is 14.2. The third kappa shape index (κ3) is 4.15. The molecule has 1 aliphatic carbocycles. The number of likely N-dealkylation sites (N-methyl/N-ethyl adjacent to an activating group) is 1. The molecule has 2 aromatic rings. The second-order valence-corrected chi connectivity index (χ2v) is 6.37. The number of rotatable bonds is 7. The molecule has 1 saturated carbocycles. The summed E-state index contributed by atoms with van der Waals surface area (Å²) in [5.74, 6) is 1.20. The number of carbonyl (C=O) groups excluding carboxylic acids is 1. The largest absolute Gasteiger partial charge is 0.457 e. The van der Waals surface area contributed by atoms with E-state index in [0.717, 1.165) is 5.75 Å². The quantitative estimate of drug-likeness (QED) is 0.844. The van der Waals surface area contributed by atoms with Crippen molar-refractivity contribution in [1.82, 2.24) is 10.2 Å². The lowest BCUT2D eigenvalue weighted by Gasteiger charge is -2.24. The Balaban J connectivity index is 1.64. The van der Waals surface area contributed by atoms with Crippen LogP contribution in [0.1, 0.15) is 30.1 Å². The van der Waals surface area contributed by atoms with Gasteiger partial charge >= 0.3 is 0 Å². The van der Waals surface area contributed by atoms with Gasteiger partial charge in [0, 0.05) is 18.6 Å². The maximum Gasteiger partial charge on any atom is 0.255 e. The van der Waals surface area contributed by atoms with Gasteiger partial charge in [-0.3, -0.25) is 9.69 Å². The highest BCUT2D eigenvalue weighted by molar-refractivity contribution is 5.97. The lowest BCUT2D eigenvalue weighted by Crippen LogP contribution is -2.41. The normalized spacial score (nSPS) is 15.1. The smallest absolute Gasteiger partial charge is 0.255 e. The van der Waals surface area contributed by atoms with Gasteiger partial charge in [0.2, 0.25) is 0 Å². The molecule has 1 aliphatic rings. The Kier molecular flexibility index (Phi) is 5.16. The molecule has 4 heteroatoms. The third-order valence-electron chi connectivity index (χ3n) is 4.48. The van der Waals surface area contributed by atoms with Gasteiger partial charge in [-0.1, -0.05) is 30.3 Å². The first-order chi connectivity index (χ1) is 11.6. The van der Waals surface area contributed by atoms with Crippen LogP contribution in [0.15, 0.2) is 54.6 Å². The minimum Gasteiger partial charge on any atom is -0.457 e. The molecule has 4 nitrogen and oxygen atoms in total. The maximum absolute atomic E-state index is 12.6. The maximum atomic E-state index is 12.6. The van der Waals surface area contributed by atoms with E-state index in [1.807, 2.05) is 48.5 Å². The first-order valence-corrected chi connectivity index (χ1v) is 8.47. The van der Waals surface area contributed by atoms with Crippen molar-refractivity contribution in [2.45, 2.75) is 31.8 Å². The van der Waals surface area contributed by atoms with Gasteiger partial charge in [0.15, 0.2) is 0 Å². The Hall–Kier alpha value is -2.33.